The van der Waals surface area contributed by atoms with E-state index in [9.17, 15) is 35.1 Å². The Kier molecular flexibility index (Phi) is 6.04. The Labute approximate surface area is 135 Å². The zero-order valence-electron chi connectivity index (χ0n) is 12.6. The van der Waals surface area contributed by atoms with Gasteiger partial charge in [-0.2, -0.15) is 0 Å². The first kappa shape index (κ1) is 18.7. The van der Waals surface area contributed by atoms with Crippen molar-refractivity contribution in [3.63, 3.8) is 0 Å². The second-order valence-corrected chi connectivity index (χ2v) is 4.75. The maximum Gasteiger partial charge on any atom is 0.333 e. The first-order chi connectivity index (χ1) is 11.1. The summed E-state index contributed by atoms with van der Waals surface area (Å²) < 4.78 is 4.80. The first-order valence-electron chi connectivity index (χ1n) is 6.57. The maximum absolute atomic E-state index is 11.2. The van der Waals surface area contributed by atoms with E-state index in [0.29, 0.717) is 12.1 Å². The number of hydrogen-bond acceptors (Lipinski definition) is 8. The number of non-ortho nitro benzene ring substituents is 1. The highest BCUT2D eigenvalue weighted by molar-refractivity contribution is 5.86. The van der Waals surface area contributed by atoms with E-state index in [1.165, 1.54) is 6.92 Å². The van der Waals surface area contributed by atoms with Gasteiger partial charge in [-0.25, -0.2) is 4.79 Å². The summed E-state index contributed by atoms with van der Waals surface area (Å²) >= 11 is 0. The minimum Gasteiger partial charge on any atom is -0.462 e. The molecule has 128 valence electrons. The third kappa shape index (κ3) is 4.56. The van der Waals surface area contributed by atoms with Crippen molar-refractivity contribution in [1.82, 2.24) is 0 Å². The molecule has 0 saturated heterocycles. The van der Waals surface area contributed by atoms with Crippen LogP contribution in [0.25, 0.3) is 0 Å². The number of carbonyl (C=O) groups is 1. The van der Waals surface area contributed by atoms with Crippen LogP contribution in [-0.2, 0) is 16.0 Å². The molecule has 0 atom stereocenters. The van der Waals surface area contributed by atoms with Gasteiger partial charge in [0.2, 0.25) is 0 Å². The second-order valence-electron chi connectivity index (χ2n) is 4.75. The molecule has 0 aromatic heterocycles. The molecular formula is C13H13N3O8. The van der Waals surface area contributed by atoms with E-state index >= 15 is 0 Å². The molecule has 0 heterocycles. The third-order valence-corrected chi connectivity index (χ3v) is 2.94. The highest BCUT2D eigenvalue weighted by Gasteiger charge is 2.29. The van der Waals surface area contributed by atoms with Crippen LogP contribution in [0.2, 0.25) is 0 Å². The van der Waals surface area contributed by atoms with E-state index in [0.717, 1.165) is 0 Å². The zero-order chi connectivity index (χ0) is 18.4. The molecule has 0 unspecified atom stereocenters. The summed E-state index contributed by atoms with van der Waals surface area (Å²) in [5.41, 5.74) is -2.28. The molecule has 1 aromatic carbocycles. The van der Waals surface area contributed by atoms with E-state index in [2.05, 4.69) is 6.58 Å². The Balaban J connectivity index is 3.09. The molecule has 0 aliphatic carbocycles. The fraction of sp³-hybridized carbons (Fsp3) is 0.308. The van der Waals surface area contributed by atoms with Crippen LogP contribution in [0.3, 0.4) is 0 Å². The van der Waals surface area contributed by atoms with Gasteiger partial charge in [-0.05, 0) is 19.8 Å². The van der Waals surface area contributed by atoms with Crippen molar-refractivity contribution in [3.05, 3.63) is 60.2 Å². The van der Waals surface area contributed by atoms with Crippen molar-refractivity contribution in [3.8, 4) is 0 Å². The summed E-state index contributed by atoms with van der Waals surface area (Å²) in [5, 5.41) is 32.9. The zero-order valence-corrected chi connectivity index (χ0v) is 12.6. The molecule has 0 N–H and O–H groups in total. The molecule has 1 rings (SSSR count). The molecule has 0 bridgehead atoms. The lowest BCUT2D eigenvalue weighted by Gasteiger charge is -2.06. The molecular weight excluding hydrogens is 326 g/mol. The first-order valence-corrected chi connectivity index (χ1v) is 6.57. The molecule has 0 radical (unpaired) electrons. The third-order valence-electron chi connectivity index (χ3n) is 2.94. The van der Waals surface area contributed by atoms with Gasteiger partial charge in [-0.3, -0.25) is 30.3 Å². The van der Waals surface area contributed by atoms with Crippen molar-refractivity contribution in [2.45, 2.75) is 19.8 Å². The fourth-order valence-corrected chi connectivity index (χ4v) is 1.85. The highest BCUT2D eigenvalue weighted by Crippen LogP contribution is 2.34. The van der Waals surface area contributed by atoms with E-state index in [-0.39, 0.29) is 30.6 Å². The SMILES string of the molecule is C=C(C)C(=O)OCCCc1c([N+](=O)[O-])cc([N+](=O)[O-])cc1[N+](=O)[O-]. The van der Waals surface area contributed by atoms with Gasteiger partial charge < -0.3 is 4.74 Å². The average molecular weight is 339 g/mol. The number of nitro groups is 3. The van der Waals surface area contributed by atoms with Crippen molar-refractivity contribution in [2.24, 2.45) is 0 Å². The Morgan fingerprint density at radius 3 is 1.96 bits per heavy atom. The number of nitrogens with zero attached hydrogens (tertiary/aromatic N) is 3. The standard InChI is InChI=1S/C13H13N3O8/c1-8(2)13(17)24-5-3-4-10-11(15(20)21)6-9(14(18)19)7-12(10)16(22)23/h6-7H,1,3-5H2,2H3. The van der Waals surface area contributed by atoms with Crippen LogP contribution in [0.15, 0.2) is 24.3 Å². The molecule has 11 heteroatoms. The molecule has 11 nitrogen and oxygen atoms in total. The summed E-state index contributed by atoms with van der Waals surface area (Å²) in [5.74, 6) is -0.650. The Morgan fingerprint density at radius 2 is 1.58 bits per heavy atom. The number of benzene rings is 1. The normalized spacial score (nSPS) is 10.0. The minimum atomic E-state index is -0.946. The lowest BCUT2D eigenvalue weighted by molar-refractivity contribution is -0.404. The van der Waals surface area contributed by atoms with Crippen LogP contribution < -0.4 is 0 Å². The predicted octanol–water partition coefficient (Wildman–Crippen LogP) is 2.46. The van der Waals surface area contributed by atoms with Gasteiger partial charge in [0.15, 0.2) is 0 Å². The van der Waals surface area contributed by atoms with Gasteiger partial charge >= 0.3 is 5.97 Å². The van der Waals surface area contributed by atoms with Crippen LogP contribution in [0.4, 0.5) is 17.1 Å². The van der Waals surface area contributed by atoms with E-state index in [1.54, 1.807) is 0 Å². The maximum atomic E-state index is 11.2. The molecule has 0 aliphatic rings. The molecule has 24 heavy (non-hydrogen) atoms. The van der Waals surface area contributed by atoms with Gasteiger partial charge in [0.05, 0.1) is 33.5 Å². The monoisotopic (exact) mass is 339 g/mol. The average Bonchev–Trinajstić information content (AvgIpc) is 2.49. The largest absolute Gasteiger partial charge is 0.462 e. The van der Waals surface area contributed by atoms with Crippen LogP contribution in [0.1, 0.15) is 18.9 Å². The van der Waals surface area contributed by atoms with Gasteiger partial charge in [-0.1, -0.05) is 6.58 Å². The molecule has 0 fully saturated rings. The van der Waals surface area contributed by atoms with Crippen molar-refractivity contribution < 1.29 is 24.3 Å². The topological polar surface area (TPSA) is 156 Å². The summed E-state index contributed by atoms with van der Waals surface area (Å²) in [4.78, 5) is 41.3. The van der Waals surface area contributed by atoms with Crippen LogP contribution in [0.5, 0.6) is 0 Å². The van der Waals surface area contributed by atoms with Gasteiger partial charge in [0.25, 0.3) is 17.1 Å². The number of esters is 1. The highest BCUT2D eigenvalue weighted by atomic mass is 16.6. The van der Waals surface area contributed by atoms with Crippen molar-refractivity contribution in [1.29, 1.82) is 0 Å². The Hall–Kier alpha value is -3.37. The van der Waals surface area contributed by atoms with E-state index < -0.39 is 37.8 Å². The quantitative estimate of drug-likeness (QED) is 0.230. The summed E-state index contributed by atoms with van der Waals surface area (Å²) in [7, 11) is 0. The number of ether oxygens (including phenoxy) is 1. The van der Waals surface area contributed by atoms with Gasteiger partial charge in [0.1, 0.15) is 5.56 Å². The number of nitro benzene ring substituents is 3. The number of carbonyl (C=O) groups excluding carboxylic acids is 1. The Morgan fingerprint density at radius 1 is 1.08 bits per heavy atom. The molecule has 0 saturated carbocycles. The second kappa shape index (κ2) is 7.76. The van der Waals surface area contributed by atoms with Gasteiger partial charge in [0, 0.05) is 5.57 Å². The molecule has 0 amide bonds. The Bertz CT molecular complexity index is 693. The number of rotatable bonds is 8. The fourth-order valence-electron chi connectivity index (χ4n) is 1.85. The van der Waals surface area contributed by atoms with E-state index in [1.807, 2.05) is 0 Å². The molecule has 1 aromatic rings. The lowest BCUT2D eigenvalue weighted by atomic mass is 10.0. The van der Waals surface area contributed by atoms with Crippen LogP contribution in [0, 0.1) is 30.3 Å². The minimum absolute atomic E-state index is 0.0680. The van der Waals surface area contributed by atoms with Crippen molar-refractivity contribution >= 4 is 23.0 Å². The predicted molar refractivity (Wildman–Crippen MR) is 80.5 cm³/mol. The van der Waals surface area contributed by atoms with E-state index in [4.69, 9.17) is 4.74 Å². The number of hydrogen-bond donors (Lipinski definition) is 0. The summed E-state index contributed by atoms with van der Waals surface area (Å²) in [6.07, 6.45) is -0.0907. The molecule has 0 aliphatic heterocycles. The smallest absolute Gasteiger partial charge is 0.333 e. The van der Waals surface area contributed by atoms with Crippen LogP contribution in [-0.4, -0.2) is 27.3 Å². The van der Waals surface area contributed by atoms with Gasteiger partial charge in [-0.15, -0.1) is 0 Å². The lowest BCUT2D eigenvalue weighted by Crippen LogP contribution is -2.08. The summed E-state index contributed by atoms with van der Waals surface area (Å²) in [6, 6.07) is 1.34. The van der Waals surface area contributed by atoms with Crippen LogP contribution >= 0.6 is 0 Å². The molecule has 0 spiro atoms. The summed E-state index contributed by atoms with van der Waals surface area (Å²) in [6.45, 7) is 4.69. The van der Waals surface area contributed by atoms with Crippen molar-refractivity contribution in [2.75, 3.05) is 6.61 Å².